The zero-order chi connectivity index (χ0) is 13.2. The van der Waals surface area contributed by atoms with Crippen LogP contribution in [0.4, 0.5) is 0 Å². The highest BCUT2D eigenvalue weighted by molar-refractivity contribution is 5.83. The number of hydrogen-bond acceptors (Lipinski definition) is 3. The Balaban J connectivity index is 1.49. The summed E-state index contributed by atoms with van der Waals surface area (Å²) in [7, 11) is 0. The van der Waals surface area contributed by atoms with Gasteiger partial charge in [-0.05, 0) is 31.6 Å². The Kier molecular flexibility index (Phi) is 3.73. The minimum atomic E-state index is -0.0225. The number of piperidine rings is 1. The summed E-state index contributed by atoms with van der Waals surface area (Å²) < 4.78 is 0. The van der Waals surface area contributed by atoms with Crippen molar-refractivity contribution in [3.63, 3.8) is 0 Å². The van der Waals surface area contributed by atoms with Crippen LogP contribution >= 0.6 is 0 Å². The molecular formula is C14H23N3O2. The number of amides is 2. The molecule has 3 aliphatic rings. The number of carbonyl (C=O) groups is 2. The standard InChI is InChI=1S/C14H23N3O2/c18-13-6-5-10(8-15-13)16-14(19)12-7-9-3-1-2-4-11(9)17-12/h9-12,17H,1-8H2,(H,15,18)(H,16,19). The summed E-state index contributed by atoms with van der Waals surface area (Å²) in [6, 6.07) is 0.635. The van der Waals surface area contributed by atoms with Gasteiger partial charge in [0.05, 0.1) is 6.04 Å². The van der Waals surface area contributed by atoms with Crippen molar-refractivity contribution in [2.24, 2.45) is 5.92 Å². The fourth-order valence-electron chi connectivity index (χ4n) is 3.68. The van der Waals surface area contributed by atoms with Crippen LogP contribution in [0, 0.1) is 5.92 Å². The van der Waals surface area contributed by atoms with Gasteiger partial charge in [-0.15, -0.1) is 0 Å². The van der Waals surface area contributed by atoms with Crippen LogP contribution in [0.3, 0.4) is 0 Å². The third-order valence-corrected chi connectivity index (χ3v) is 4.79. The zero-order valence-corrected chi connectivity index (χ0v) is 11.3. The Morgan fingerprint density at radius 1 is 1.21 bits per heavy atom. The summed E-state index contributed by atoms with van der Waals surface area (Å²) in [5, 5.41) is 9.37. The van der Waals surface area contributed by atoms with Gasteiger partial charge in [0.1, 0.15) is 0 Å². The predicted octanol–water partition coefficient (Wildman–Crippen LogP) is 0.302. The smallest absolute Gasteiger partial charge is 0.237 e. The first-order valence-corrected chi connectivity index (χ1v) is 7.55. The van der Waals surface area contributed by atoms with E-state index in [1.54, 1.807) is 0 Å². The average Bonchev–Trinajstić information content (AvgIpc) is 2.85. The summed E-state index contributed by atoms with van der Waals surface area (Å²) in [5.41, 5.74) is 0. The number of hydrogen-bond donors (Lipinski definition) is 3. The molecule has 0 spiro atoms. The molecule has 2 heterocycles. The molecule has 5 heteroatoms. The van der Waals surface area contributed by atoms with Gasteiger partial charge < -0.3 is 16.0 Å². The monoisotopic (exact) mass is 265 g/mol. The molecule has 4 atom stereocenters. The second-order valence-corrected chi connectivity index (χ2v) is 6.15. The van der Waals surface area contributed by atoms with Gasteiger partial charge in [0.15, 0.2) is 0 Å². The topological polar surface area (TPSA) is 70.2 Å². The molecule has 3 rings (SSSR count). The second-order valence-electron chi connectivity index (χ2n) is 6.15. The largest absolute Gasteiger partial charge is 0.354 e. The zero-order valence-electron chi connectivity index (χ0n) is 11.3. The van der Waals surface area contributed by atoms with Gasteiger partial charge in [0.25, 0.3) is 0 Å². The molecule has 0 aromatic carbocycles. The molecule has 2 amide bonds. The number of carbonyl (C=O) groups excluding carboxylic acids is 2. The highest BCUT2D eigenvalue weighted by Gasteiger charge is 2.38. The second kappa shape index (κ2) is 5.49. The maximum absolute atomic E-state index is 12.3. The normalized spacial score (nSPS) is 38.4. The lowest BCUT2D eigenvalue weighted by molar-refractivity contribution is -0.126. The quantitative estimate of drug-likeness (QED) is 0.672. The van der Waals surface area contributed by atoms with Gasteiger partial charge >= 0.3 is 0 Å². The molecule has 5 nitrogen and oxygen atoms in total. The van der Waals surface area contributed by atoms with Crippen LogP contribution < -0.4 is 16.0 Å². The van der Waals surface area contributed by atoms with E-state index < -0.39 is 0 Å². The van der Waals surface area contributed by atoms with Crippen molar-refractivity contribution in [2.45, 2.75) is 63.1 Å². The van der Waals surface area contributed by atoms with Crippen LogP contribution in [0.2, 0.25) is 0 Å². The van der Waals surface area contributed by atoms with E-state index in [1.807, 2.05) is 0 Å². The fourth-order valence-corrected chi connectivity index (χ4v) is 3.68. The van der Waals surface area contributed by atoms with Gasteiger partial charge in [0, 0.05) is 25.0 Å². The molecule has 2 aliphatic heterocycles. The van der Waals surface area contributed by atoms with E-state index in [0.717, 1.165) is 12.8 Å². The third-order valence-electron chi connectivity index (χ3n) is 4.79. The van der Waals surface area contributed by atoms with Crippen molar-refractivity contribution in [1.29, 1.82) is 0 Å². The van der Waals surface area contributed by atoms with Gasteiger partial charge in [-0.3, -0.25) is 9.59 Å². The lowest BCUT2D eigenvalue weighted by atomic mass is 9.85. The molecule has 0 bridgehead atoms. The van der Waals surface area contributed by atoms with E-state index in [1.165, 1.54) is 25.7 Å². The van der Waals surface area contributed by atoms with E-state index in [0.29, 0.717) is 24.9 Å². The molecule has 2 saturated heterocycles. The lowest BCUT2D eigenvalue weighted by Crippen LogP contribution is -2.52. The Hall–Kier alpha value is -1.10. The Morgan fingerprint density at radius 3 is 2.79 bits per heavy atom. The van der Waals surface area contributed by atoms with Crippen LogP contribution in [0.5, 0.6) is 0 Å². The first-order valence-electron chi connectivity index (χ1n) is 7.55. The predicted molar refractivity (Wildman–Crippen MR) is 71.5 cm³/mol. The third kappa shape index (κ3) is 2.91. The van der Waals surface area contributed by atoms with Crippen molar-refractivity contribution in [2.75, 3.05) is 6.54 Å². The summed E-state index contributed by atoms with van der Waals surface area (Å²) >= 11 is 0. The van der Waals surface area contributed by atoms with Gasteiger partial charge in [0.2, 0.25) is 11.8 Å². The maximum atomic E-state index is 12.3. The van der Waals surface area contributed by atoms with Crippen LogP contribution in [0.15, 0.2) is 0 Å². The van der Waals surface area contributed by atoms with Crippen LogP contribution in [0.25, 0.3) is 0 Å². The molecule has 0 aromatic rings. The van der Waals surface area contributed by atoms with E-state index >= 15 is 0 Å². The van der Waals surface area contributed by atoms with Crippen molar-refractivity contribution >= 4 is 11.8 Å². The van der Waals surface area contributed by atoms with E-state index in [4.69, 9.17) is 0 Å². The highest BCUT2D eigenvalue weighted by atomic mass is 16.2. The molecule has 1 aliphatic carbocycles. The molecule has 106 valence electrons. The van der Waals surface area contributed by atoms with Gasteiger partial charge in [-0.2, -0.15) is 0 Å². The molecule has 1 saturated carbocycles. The maximum Gasteiger partial charge on any atom is 0.237 e. The van der Waals surface area contributed by atoms with Crippen molar-refractivity contribution in [3.8, 4) is 0 Å². The molecule has 4 unspecified atom stereocenters. The van der Waals surface area contributed by atoms with Crippen LogP contribution in [0.1, 0.15) is 44.9 Å². The molecule has 3 fully saturated rings. The molecule has 3 N–H and O–H groups in total. The van der Waals surface area contributed by atoms with Gasteiger partial charge in [-0.1, -0.05) is 12.8 Å². The number of nitrogens with one attached hydrogen (secondary N) is 3. The van der Waals surface area contributed by atoms with E-state index in [2.05, 4.69) is 16.0 Å². The minimum absolute atomic E-state index is 0.0225. The van der Waals surface area contributed by atoms with Crippen molar-refractivity contribution < 1.29 is 9.59 Å². The first-order chi connectivity index (χ1) is 9.22. The molecule has 19 heavy (non-hydrogen) atoms. The lowest BCUT2D eigenvalue weighted by Gasteiger charge is -2.25. The van der Waals surface area contributed by atoms with Crippen molar-refractivity contribution in [3.05, 3.63) is 0 Å². The van der Waals surface area contributed by atoms with E-state index in [9.17, 15) is 9.59 Å². The SMILES string of the molecule is O=C1CCC(NC(=O)C2CC3CCCCC3N2)CN1. The highest BCUT2D eigenvalue weighted by Crippen LogP contribution is 2.33. The summed E-state index contributed by atoms with van der Waals surface area (Å²) in [4.78, 5) is 23.3. The summed E-state index contributed by atoms with van der Waals surface area (Å²) in [6.45, 7) is 0.574. The summed E-state index contributed by atoms with van der Waals surface area (Å²) in [5.74, 6) is 0.904. The summed E-state index contributed by atoms with van der Waals surface area (Å²) in [6.07, 6.45) is 7.35. The Morgan fingerprint density at radius 2 is 2.05 bits per heavy atom. The molecule has 0 aromatic heterocycles. The van der Waals surface area contributed by atoms with Crippen LogP contribution in [-0.2, 0) is 9.59 Å². The van der Waals surface area contributed by atoms with Gasteiger partial charge in [-0.25, -0.2) is 0 Å². The van der Waals surface area contributed by atoms with Crippen LogP contribution in [-0.4, -0.2) is 36.5 Å². The number of fused-ring (bicyclic) bond motifs is 1. The first kappa shape index (κ1) is 12.9. The molecule has 0 radical (unpaired) electrons. The van der Waals surface area contributed by atoms with E-state index in [-0.39, 0.29) is 23.9 Å². The van der Waals surface area contributed by atoms with Crippen molar-refractivity contribution in [1.82, 2.24) is 16.0 Å². The minimum Gasteiger partial charge on any atom is -0.354 e. The average molecular weight is 265 g/mol. The number of rotatable bonds is 2. The fraction of sp³-hybridized carbons (Fsp3) is 0.857. The molecular weight excluding hydrogens is 242 g/mol. The Bertz CT molecular complexity index is 348. The Labute approximate surface area is 113 Å².